The predicted octanol–water partition coefficient (Wildman–Crippen LogP) is 3.84. The normalized spacial score (nSPS) is 10.8. The van der Waals surface area contributed by atoms with Gasteiger partial charge in [0.15, 0.2) is 0 Å². The summed E-state index contributed by atoms with van der Waals surface area (Å²) in [5.41, 5.74) is 1.24. The second-order valence-corrected chi connectivity index (χ2v) is 5.60. The summed E-state index contributed by atoms with van der Waals surface area (Å²) in [5, 5.41) is 12.1. The number of halogens is 2. The molecule has 7 heteroatoms. The highest BCUT2D eigenvalue weighted by Crippen LogP contribution is 2.27. The first-order valence-electron chi connectivity index (χ1n) is 7.03. The Hall–Kier alpha value is -2.86. The number of hydrogen-bond acceptors (Lipinski definition) is 2. The van der Waals surface area contributed by atoms with Gasteiger partial charge in [0.1, 0.15) is 5.82 Å². The number of fused-ring (bicyclic) bond motifs is 1. The van der Waals surface area contributed by atoms with Crippen LogP contribution >= 0.6 is 11.6 Å². The molecule has 0 radical (unpaired) electrons. The molecule has 122 valence electrons. The highest BCUT2D eigenvalue weighted by atomic mass is 35.5. The first-order chi connectivity index (χ1) is 11.5. The molecule has 0 spiro atoms. The van der Waals surface area contributed by atoms with Crippen LogP contribution in [0.15, 0.2) is 42.6 Å². The predicted molar refractivity (Wildman–Crippen MR) is 89.0 cm³/mol. The largest absolute Gasteiger partial charge is 0.481 e. The molecule has 0 saturated carbocycles. The van der Waals surface area contributed by atoms with Crippen LogP contribution in [0.3, 0.4) is 0 Å². The van der Waals surface area contributed by atoms with Gasteiger partial charge in [-0.05, 0) is 18.2 Å². The number of amides is 1. The Kier molecular flexibility index (Phi) is 4.22. The van der Waals surface area contributed by atoms with Gasteiger partial charge in [0.05, 0.1) is 22.7 Å². The smallest absolute Gasteiger partial charge is 0.307 e. The van der Waals surface area contributed by atoms with Crippen molar-refractivity contribution in [3.63, 3.8) is 0 Å². The Morgan fingerprint density at radius 2 is 2.00 bits per heavy atom. The van der Waals surface area contributed by atoms with Gasteiger partial charge in [-0.1, -0.05) is 29.8 Å². The van der Waals surface area contributed by atoms with Crippen LogP contribution in [0.1, 0.15) is 15.9 Å². The molecule has 0 unspecified atom stereocenters. The minimum atomic E-state index is -1.17. The summed E-state index contributed by atoms with van der Waals surface area (Å²) in [6, 6.07) is 9.50. The van der Waals surface area contributed by atoms with Crippen molar-refractivity contribution >= 4 is 40.1 Å². The van der Waals surface area contributed by atoms with E-state index in [1.54, 1.807) is 18.3 Å². The summed E-state index contributed by atoms with van der Waals surface area (Å²) in [6.45, 7) is 0. The number of rotatable bonds is 4. The lowest BCUT2D eigenvalue weighted by Crippen LogP contribution is -2.12. The van der Waals surface area contributed by atoms with E-state index in [9.17, 15) is 14.0 Å². The van der Waals surface area contributed by atoms with E-state index in [1.807, 2.05) is 12.1 Å². The number of anilines is 1. The third-order valence-electron chi connectivity index (χ3n) is 3.56. The van der Waals surface area contributed by atoms with E-state index < -0.39 is 24.1 Å². The van der Waals surface area contributed by atoms with Crippen LogP contribution in [0.2, 0.25) is 5.02 Å². The second kappa shape index (κ2) is 6.33. The summed E-state index contributed by atoms with van der Waals surface area (Å²) in [7, 11) is 0. The molecule has 0 aliphatic carbocycles. The van der Waals surface area contributed by atoms with Gasteiger partial charge in [0.2, 0.25) is 0 Å². The number of carbonyl (C=O) groups excluding carboxylic acids is 1. The van der Waals surface area contributed by atoms with E-state index in [4.69, 9.17) is 16.7 Å². The van der Waals surface area contributed by atoms with Crippen molar-refractivity contribution in [3.05, 3.63) is 64.6 Å². The minimum absolute atomic E-state index is 0.0439. The molecule has 3 aromatic rings. The van der Waals surface area contributed by atoms with Crippen molar-refractivity contribution in [2.75, 3.05) is 5.32 Å². The summed E-state index contributed by atoms with van der Waals surface area (Å²) < 4.78 is 14.0. The van der Waals surface area contributed by atoms with E-state index in [0.717, 1.165) is 17.0 Å². The maximum Gasteiger partial charge on any atom is 0.307 e. The number of H-pyrrole nitrogens is 1. The highest BCUT2D eigenvalue weighted by Gasteiger charge is 2.16. The van der Waals surface area contributed by atoms with E-state index in [0.29, 0.717) is 5.56 Å². The fourth-order valence-corrected chi connectivity index (χ4v) is 2.66. The lowest BCUT2D eigenvalue weighted by Gasteiger charge is -2.09. The molecule has 0 fully saturated rings. The molecular weight excluding hydrogens is 335 g/mol. The number of carboxylic acids is 1. The van der Waals surface area contributed by atoms with Crippen molar-refractivity contribution in [1.29, 1.82) is 0 Å². The zero-order valence-electron chi connectivity index (χ0n) is 12.3. The van der Waals surface area contributed by atoms with Gasteiger partial charge >= 0.3 is 5.97 Å². The van der Waals surface area contributed by atoms with E-state index in [2.05, 4.69) is 10.3 Å². The van der Waals surface area contributed by atoms with Crippen LogP contribution in [0.25, 0.3) is 10.9 Å². The van der Waals surface area contributed by atoms with Crippen molar-refractivity contribution < 1.29 is 19.1 Å². The molecule has 0 saturated heterocycles. The third-order valence-corrected chi connectivity index (χ3v) is 3.87. The average molecular weight is 347 g/mol. The molecule has 1 amide bonds. The maximum atomic E-state index is 14.0. The van der Waals surface area contributed by atoms with E-state index in [1.165, 1.54) is 6.07 Å². The Labute approximate surface area is 141 Å². The molecule has 0 bridgehead atoms. The van der Waals surface area contributed by atoms with Gasteiger partial charge in [-0.25, -0.2) is 4.39 Å². The molecule has 5 nitrogen and oxygen atoms in total. The first-order valence-corrected chi connectivity index (χ1v) is 7.40. The SMILES string of the molecule is O=C(O)Cc1cc(Cl)c(NC(=O)c2c[nH]c3ccccc23)cc1F. The monoisotopic (exact) mass is 346 g/mol. The Balaban J connectivity index is 1.89. The Morgan fingerprint density at radius 3 is 2.75 bits per heavy atom. The first kappa shape index (κ1) is 16.0. The topological polar surface area (TPSA) is 82.2 Å². The zero-order valence-corrected chi connectivity index (χ0v) is 13.0. The van der Waals surface area contributed by atoms with E-state index in [-0.39, 0.29) is 16.3 Å². The van der Waals surface area contributed by atoms with Crippen LogP contribution in [0.4, 0.5) is 10.1 Å². The molecule has 2 aromatic carbocycles. The molecular formula is C17H12ClFN2O3. The van der Waals surface area contributed by atoms with Gasteiger partial charge in [0, 0.05) is 22.7 Å². The number of carboxylic acid groups (broad SMARTS) is 1. The van der Waals surface area contributed by atoms with Gasteiger partial charge < -0.3 is 15.4 Å². The fourth-order valence-electron chi connectivity index (χ4n) is 2.43. The number of aliphatic carboxylic acids is 1. The van der Waals surface area contributed by atoms with Crippen molar-refractivity contribution in [1.82, 2.24) is 4.98 Å². The molecule has 0 aliphatic rings. The molecule has 1 heterocycles. The summed E-state index contributed by atoms with van der Waals surface area (Å²) in [6.07, 6.45) is 1.07. The number of benzene rings is 2. The van der Waals surface area contributed by atoms with Crippen molar-refractivity contribution in [2.24, 2.45) is 0 Å². The molecule has 24 heavy (non-hydrogen) atoms. The number of carbonyl (C=O) groups is 2. The summed E-state index contributed by atoms with van der Waals surface area (Å²) >= 11 is 6.03. The number of aromatic nitrogens is 1. The van der Waals surface area contributed by atoms with Gasteiger partial charge in [0.25, 0.3) is 5.91 Å². The number of hydrogen-bond donors (Lipinski definition) is 3. The van der Waals surface area contributed by atoms with E-state index >= 15 is 0 Å². The quantitative estimate of drug-likeness (QED) is 0.671. The molecule has 0 aliphatic heterocycles. The second-order valence-electron chi connectivity index (χ2n) is 5.20. The standard InChI is InChI=1S/C17H12ClFN2O3/c18-12-5-9(6-16(22)23)13(19)7-15(12)21-17(24)11-8-20-14-4-2-1-3-10(11)14/h1-5,7-8,20H,6H2,(H,21,24)(H,22,23). The van der Waals surface area contributed by atoms with Crippen LogP contribution in [0, 0.1) is 5.82 Å². The molecule has 1 aromatic heterocycles. The summed E-state index contributed by atoms with van der Waals surface area (Å²) in [5.74, 6) is -2.35. The third kappa shape index (κ3) is 3.09. The van der Waals surface area contributed by atoms with Gasteiger partial charge in [-0.3, -0.25) is 9.59 Å². The molecule has 3 N–H and O–H groups in total. The number of nitrogens with one attached hydrogen (secondary N) is 2. The molecule has 3 rings (SSSR count). The highest BCUT2D eigenvalue weighted by molar-refractivity contribution is 6.34. The zero-order chi connectivity index (χ0) is 17.3. The van der Waals surface area contributed by atoms with Crippen LogP contribution in [0.5, 0.6) is 0 Å². The maximum absolute atomic E-state index is 14.0. The number of aromatic amines is 1. The Morgan fingerprint density at radius 1 is 1.25 bits per heavy atom. The van der Waals surface area contributed by atoms with Crippen molar-refractivity contribution in [2.45, 2.75) is 6.42 Å². The fraction of sp³-hybridized carbons (Fsp3) is 0.0588. The summed E-state index contributed by atoms with van der Waals surface area (Å²) in [4.78, 5) is 26.1. The Bertz CT molecular complexity index is 952. The lowest BCUT2D eigenvalue weighted by molar-refractivity contribution is -0.136. The van der Waals surface area contributed by atoms with Gasteiger partial charge in [-0.2, -0.15) is 0 Å². The average Bonchev–Trinajstić information content (AvgIpc) is 2.95. The van der Waals surface area contributed by atoms with Gasteiger partial charge in [-0.15, -0.1) is 0 Å². The van der Waals surface area contributed by atoms with Crippen LogP contribution < -0.4 is 5.32 Å². The molecule has 0 atom stereocenters. The van der Waals surface area contributed by atoms with Crippen LogP contribution in [-0.4, -0.2) is 22.0 Å². The van der Waals surface area contributed by atoms with Crippen molar-refractivity contribution in [3.8, 4) is 0 Å². The lowest BCUT2D eigenvalue weighted by atomic mass is 10.1. The number of para-hydroxylation sites is 1. The van der Waals surface area contributed by atoms with Crippen LogP contribution in [-0.2, 0) is 11.2 Å². The minimum Gasteiger partial charge on any atom is -0.481 e.